The lowest BCUT2D eigenvalue weighted by atomic mass is 10.2. The van der Waals surface area contributed by atoms with Gasteiger partial charge in [-0.15, -0.1) is 0 Å². The van der Waals surface area contributed by atoms with Gasteiger partial charge in [0.2, 0.25) is 0 Å². The van der Waals surface area contributed by atoms with E-state index in [9.17, 15) is 9.59 Å². The number of ketones is 1. The lowest BCUT2D eigenvalue weighted by Crippen LogP contribution is -2.06. The maximum Gasteiger partial charge on any atom is 0.182 e. The molecule has 56 valence electrons. The smallest absolute Gasteiger partial charge is 0.182 e. The highest BCUT2D eigenvalue weighted by atomic mass is 16.1. The Morgan fingerprint density at radius 1 is 1.36 bits per heavy atom. The molecule has 0 radical (unpaired) electrons. The van der Waals surface area contributed by atoms with Crippen LogP contribution in [0.5, 0.6) is 0 Å². The molecular formula is C8H7NO2. The average Bonchev–Trinajstić information content (AvgIpc) is 2.33. The van der Waals surface area contributed by atoms with Crippen molar-refractivity contribution in [1.82, 2.24) is 4.57 Å². The van der Waals surface area contributed by atoms with Gasteiger partial charge in [-0.25, -0.2) is 0 Å². The van der Waals surface area contributed by atoms with Crippen LogP contribution in [-0.2, 0) is 6.54 Å². The summed E-state index contributed by atoms with van der Waals surface area (Å²) in [5, 5.41) is 0. The van der Waals surface area contributed by atoms with Crippen LogP contribution in [0.15, 0.2) is 23.1 Å². The zero-order valence-corrected chi connectivity index (χ0v) is 5.91. The summed E-state index contributed by atoms with van der Waals surface area (Å²) in [7, 11) is 0. The van der Waals surface area contributed by atoms with E-state index in [1.54, 1.807) is 6.20 Å². The SMILES string of the molecule is O=C1CCn2ccc(=O)cc21. The highest BCUT2D eigenvalue weighted by molar-refractivity contribution is 5.96. The fourth-order valence-electron chi connectivity index (χ4n) is 1.30. The van der Waals surface area contributed by atoms with Crippen molar-refractivity contribution < 1.29 is 4.79 Å². The van der Waals surface area contributed by atoms with Crippen LogP contribution in [0.3, 0.4) is 0 Å². The summed E-state index contributed by atoms with van der Waals surface area (Å²) in [5.74, 6) is 0.0719. The molecule has 1 aromatic rings. The van der Waals surface area contributed by atoms with Crippen LogP contribution in [0.1, 0.15) is 16.9 Å². The predicted molar refractivity (Wildman–Crippen MR) is 39.6 cm³/mol. The van der Waals surface area contributed by atoms with E-state index in [2.05, 4.69) is 0 Å². The van der Waals surface area contributed by atoms with Crippen LogP contribution < -0.4 is 5.43 Å². The second kappa shape index (κ2) is 2.05. The minimum atomic E-state index is -0.0912. The molecule has 3 heteroatoms. The topological polar surface area (TPSA) is 39.1 Å². The Morgan fingerprint density at radius 3 is 3.00 bits per heavy atom. The van der Waals surface area contributed by atoms with Gasteiger partial charge >= 0.3 is 0 Å². The molecule has 0 saturated carbocycles. The van der Waals surface area contributed by atoms with Crippen molar-refractivity contribution in [1.29, 1.82) is 0 Å². The molecule has 3 nitrogen and oxygen atoms in total. The van der Waals surface area contributed by atoms with Crippen LogP contribution in [0, 0.1) is 0 Å². The Bertz CT molecular complexity index is 365. The molecule has 0 spiro atoms. The predicted octanol–water partition coefficient (Wildman–Crippen LogP) is 0.435. The second-order valence-electron chi connectivity index (χ2n) is 2.61. The second-order valence-corrected chi connectivity index (χ2v) is 2.61. The normalized spacial score (nSPS) is 15.1. The third-order valence-electron chi connectivity index (χ3n) is 1.87. The lowest BCUT2D eigenvalue weighted by Gasteiger charge is -1.97. The van der Waals surface area contributed by atoms with Crippen LogP contribution in [-0.4, -0.2) is 10.4 Å². The third kappa shape index (κ3) is 0.888. The van der Waals surface area contributed by atoms with Gasteiger partial charge < -0.3 is 4.57 Å². The zero-order chi connectivity index (χ0) is 7.84. The number of rotatable bonds is 0. The van der Waals surface area contributed by atoms with E-state index in [1.807, 2.05) is 4.57 Å². The number of aromatic nitrogens is 1. The van der Waals surface area contributed by atoms with Gasteiger partial charge in [-0.1, -0.05) is 0 Å². The highest BCUT2D eigenvalue weighted by Gasteiger charge is 2.17. The number of fused-ring (bicyclic) bond motifs is 1. The largest absolute Gasteiger partial charge is 0.344 e. The van der Waals surface area contributed by atoms with Crippen LogP contribution in [0.2, 0.25) is 0 Å². The maximum absolute atomic E-state index is 11.1. The summed E-state index contributed by atoms with van der Waals surface area (Å²) in [6.07, 6.45) is 2.20. The number of Topliss-reactive ketones (excluding diaryl/α,β-unsaturated/α-hetero) is 1. The number of carbonyl (C=O) groups is 1. The molecule has 0 aliphatic carbocycles. The molecule has 0 unspecified atom stereocenters. The monoisotopic (exact) mass is 149 g/mol. The van der Waals surface area contributed by atoms with Crippen LogP contribution >= 0.6 is 0 Å². The van der Waals surface area contributed by atoms with Crippen molar-refractivity contribution in [2.75, 3.05) is 0 Å². The summed E-state index contributed by atoms with van der Waals surface area (Å²) in [6.45, 7) is 0.717. The Labute approximate surface area is 63.3 Å². The van der Waals surface area contributed by atoms with E-state index in [0.29, 0.717) is 18.7 Å². The van der Waals surface area contributed by atoms with Gasteiger partial charge in [0, 0.05) is 31.3 Å². The van der Waals surface area contributed by atoms with Crippen molar-refractivity contribution in [3.05, 3.63) is 34.2 Å². The first-order valence-electron chi connectivity index (χ1n) is 3.51. The summed E-state index contributed by atoms with van der Waals surface area (Å²) >= 11 is 0. The molecule has 1 aromatic heterocycles. The first-order chi connectivity index (χ1) is 5.27. The Kier molecular flexibility index (Phi) is 1.18. The fraction of sp³-hybridized carbons (Fsp3) is 0.250. The standard InChI is InChI=1S/C8H7NO2/c10-6-1-3-9-4-2-8(11)7(9)5-6/h1,3,5H,2,4H2. The number of pyridine rings is 1. The Hall–Kier alpha value is -1.38. The van der Waals surface area contributed by atoms with Crippen molar-refractivity contribution in [2.45, 2.75) is 13.0 Å². The van der Waals surface area contributed by atoms with Gasteiger partial charge in [-0.05, 0) is 0 Å². The fourth-order valence-corrected chi connectivity index (χ4v) is 1.30. The van der Waals surface area contributed by atoms with Gasteiger partial charge in [-0.3, -0.25) is 9.59 Å². The average molecular weight is 149 g/mol. The molecule has 1 aliphatic heterocycles. The molecule has 1 aliphatic rings. The zero-order valence-electron chi connectivity index (χ0n) is 5.91. The van der Waals surface area contributed by atoms with Gasteiger partial charge in [-0.2, -0.15) is 0 Å². The summed E-state index contributed by atoms with van der Waals surface area (Å²) in [4.78, 5) is 21.9. The lowest BCUT2D eigenvalue weighted by molar-refractivity contribution is 0.0994. The van der Waals surface area contributed by atoms with E-state index < -0.39 is 0 Å². The molecule has 0 saturated heterocycles. The summed E-state index contributed by atoms with van der Waals surface area (Å²) in [6, 6.07) is 2.87. The molecule has 0 amide bonds. The van der Waals surface area contributed by atoms with E-state index in [4.69, 9.17) is 0 Å². The van der Waals surface area contributed by atoms with E-state index in [1.165, 1.54) is 12.1 Å². The Morgan fingerprint density at radius 2 is 2.18 bits per heavy atom. The molecule has 0 fully saturated rings. The molecule has 0 aromatic carbocycles. The van der Waals surface area contributed by atoms with E-state index in [0.717, 1.165) is 0 Å². The number of carbonyl (C=O) groups excluding carboxylic acids is 1. The third-order valence-corrected chi connectivity index (χ3v) is 1.87. The highest BCUT2D eigenvalue weighted by Crippen LogP contribution is 2.10. The summed E-state index contributed by atoms with van der Waals surface area (Å²) in [5.41, 5.74) is 0.462. The van der Waals surface area contributed by atoms with Crippen molar-refractivity contribution in [2.24, 2.45) is 0 Å². The molecule has 0 N–H and O–H groups in total. The van der Waals surface area contributed by atoms with Gasteiger partial charge in [0.15, 0.2) is 11.2 Å². The molecule has 0 bridgehead atoms. The first-order valence-corrected chi connectivity index (χ1v) is 3.51. The summed E-state index contributed by atoms with van der Waals surface area (Å²) < 4.78 is 1.81. The van der Waals surface area contributed by atoms with Gasteiger partial charge in [0.25, 0.3) is 0 Å². The van der Waals surface area contributed by atoms with Crippen LogP contribution in [0.4, 0.5) is 0 Å². The van der Waals surface area contributed by atoms with Crippen molar-refractivity contribution >= 4 is 5.78 Å². The quantitative estimate of drug-likeness (QED) is 0.536. The molecule has 0 atom stereocenters. The number of hydrogen-bond donors (Lipinski definition) is 0. The molecular weight excluding hydrogens is 142 g/mol. The van der Waals surface area contributed by atoms with Gasteiger partial charge in [0.1, 0.15) is 0 Å². The first kappa shape index (κ1) is 6.34. The van der Waals surface area contributed by atoms with Crippen molar-refractivity contribution in [3.63, 3.8) is 0 Å². The molecule has 2 heterocycles. The number of aryl methyl sites for hydroxylation is 1. The van der Waals surface area contributed by atoms with Crippen LogP contribution in [0.25, 0.3) is 0 Å². The Balaban J connectivity index is 2.70. The maximum atomic E-state index is 11.1. The number of nitrogens with zero attached hydrogens (tertiary/aromatic N) is 1. The van der Waals surface area contributed by atoms with Gasteiger partial charge in [0.05, 0.1) is 5.69 Å². The minimum absolute atomic E-state index is 0.0719. The molecule has 2 rings (SSSR count). The van der Waals surface area contributed by atoms with E-state index in [-0.39, 0.29) is 11.2 Å². The molecule has 11 heavy (non-hydrogen) atoms. The number of hydrogen-bond acceptors (Lipinski definition) is 2. The minimum Gasteiger partial charge on any atom is -0.344 e. The van der Waals surface area contributed by atoms with E-state index >= 15 is 0 Å². The van der Waals surface area contributed by atoms with Crippen molar-refractivity contribution in [3.8, 4) is 0 Å².